The van der Waals surface area contributed by atoms with Gasteiger partial charge in [0.2, 0.25) is 0 Å². The van der Waals surface area contributed by atoms with E-state index >= 15 is 0 Å². The van der Waals surface area contributed by atoms with Crippen LogP contribution in [0.4, 0.5) is 5.69 Å². The second-order valence-electron chi connectivity index (χ2n) is 4.20. The highest BCUT2D eigenvalue weighted by Gasteiger charge is 2.21. The summed E-state index contributed by atoms with van der Waals surface area (Å²) >= 11 is 12.0. The average molecular weight is 287 g/mol. The van der Waals surface area contributed by atoms with Crippen molar-refractivity contribution in [3.63, 3.8) is 0 Å². The molecule has 0 aliphatic heterocycles. The van der Waals surface area contributed by atoms with Gasteiger partial charge in [-0.15, -0.1) is 6.58 Å². The predicted octanol–water partition coefficient (Wildman–Crippen LogP) is 3.61. The van der Waals surface area contributed by atoms with E-state index in [0.29, 0.717) is 17.8 Å². The summed E-state index contributed by atoms with van der Waals surface area (Å²) < 4.78 is 0. The van der Waals surface area contributed by atoms with Crippen molar-refractivity contribution in [3.05, 3.63) is 40.4 Å². The smallest absolute Gasteiger partial charge is 0.256 e. The Morgan fingerprint density at radius 3 is 2.61 bits per heavy atom. The van der Waals surface area contributed by atoms with E-state index in [0.717, 1.165) is 0 Å². The molecule has 1 aromatic carbocycles. The molecule has 0 heterocycles. The summed E-state index contributed by atoms with van der Waals surface area (Å²) in [6, 6.07) is 3.09. The van der Waals surface area contributed by atoms with E-state index in [1.165, 1.54) is 12.1 Å². The zero-order chi connectivity index (χ0) is 13.9. The lowest BCUT2D eigenvalue weighted by Crippen LogP contribution is -2.37. The van der Waals surface area contributed by atoms with Crippen molar-refractivity contribution in [2.45, 2.75) is 19.9 Å². The monoisotopic (exact) mass is 286 g/mol. The first-order valence-electron chi connectivity index (χ1n) is 5.54. The minimum atomic E-state index is -0.205. The summed E-state index contributed by atoms with van der Waals surface area (Å²) in [5.74, 6) is -0.205. The van der Waals surface area contributed by atoms with Crippen molar-refractivity contribution in [3.8, 4) is 0 Å². The van der Waals surface area contributed by atoms with Gasteiger partial charge in [-0.05, 0) is 26.0 Å². The molecule has 0 aliphatic rings. The molecule has 3 nitrogen and oxygen atoms in total. The first-order chi connectivity index (χ1) is 8.38. The number of carbonyl (C=O) groups is 1. The Morgan fingerprint density at radius 2 is 2.11 bits per heavy atom. The summed E-state index contributed by atoms with van der Waals surface area (Å²) in [6.45, 7) is 7.92. The number of rotatable bonds is 4. The summed E-state index contributed by atoms with van der Waals surface area (Å²) in [7, 11) is 0. The van der Waals surface area contributed by atoms with E-state index in [-0.39, 0.29) is 22.0 Å². The minimum absolute atomic E-state index is 0.0340. The molecule has 0 spiro atoms. The third kappa shape index (κ3) is 3.18. The quantitative estimate of drug-likeness (QED) is 0.679. The van der Waals surface area contributed by atoms with Crippen LogP contribution in [0.1, 0.15) is 24.2 Å². The van der Waals surface area contributed by atoms with Gasteiger partial charge in [-0.2, -0.15) is 0 Å². The van der Waals surface area contributed by atoms with Crippen LogP contribution in [0.15, 0.2) is 24.8 Å². The van der Waals surface area contributed by atoms with Crippen LogP contribution in [0.3, 0.4) is 0 Å². The number of amides is 1. The lowest BCUT2D eigenvalue weighted by molar-refractivity contribution is 0.0729. The Bertz CT molecular complexity index is 472. The van der Waals surface area contributed by atoms with Gasteiger partial charge >= 0.3 is 0 Å². The molecule has 0 fully saturated rings. The number of hydrogen-bond acceptors (Lipinski definition) is 2. The standard InChI is InChI=1S/C13H16Cl2N2O/c1-4-5-17(8(2)3)13(18)10-6-9(16)7-11(14)12(10)15/h4,6-8H,1,5,16H2,2-3H3. The molecule has 0 saturated carbocycles. The van der Waals surface area contributed by atoms with Crippen LogP contribution in [-0.4, -0.2) is 23.4 Å². The number of nitrogens with zero attached hydrogens (tertiary/aromatic N) is 1. The molecule has 0 saturated heterocycles. The first-order valence-corrected chi connectivity index (χ1v) is 6.30. The maximum Gasteiger partial charge on any atom is 0.256 e. The van der Waals surface area contributed by atoms with Gasteiger partial charge in [-0.1, -0.05) is 29.3 Å². The highest BCUT2D eigenvalue weighted by molar-refractivity contribution is 6.44. The van der Waals surface area contributed by atoms with Crippen molar-refractivity contribution in [2.75, 3.05) is 12.3 Å². The van der Waals surface area contributed by atoms with E-state index in [9.17, 15) is 4.79 Å². The predicted molar refractivity (Wildman–Crippen MR) is 77.2 cm³/mol. The second-order valence-corrected chi connectivity index (χ2v) is 4.99. The molecule has 0 radical (unpaired) electrons. The fourth-order valence-electron chi connectivity index (χ4n) is 1.59. The van der Waals surface area contributed by atoms with Crippen molar-refractivity contribution in [2.24, 2.45) is 0 Å². The van der Waals surface area contributed by atoms with Gasteiger partial charge in [0, 0.05) is 18.3 Å². The Kier molecular flexibility index (Phi) is 5.05. The topological polar surface area (TPSA) is 46.3 Å². The van der Waals surface area contributed by atoms with Gasteiger partial charge < -0.3 is 10.6 Å². The molecule has 2 N–H and O–H groups in total. The molecule has 98 valence electrons. The second kappa shape index (κ2) is 6.12. The molecule has 0 aromatic heterocycles. The number of benzene rings is 1. The lowest BCUT2D eigenvalue weighted by atomic mass is 10.1. The van der Waals surface area contributed by atoms with E-state index in [4.69, 9.17) is 28.9 Å². The van der Waals surface area contributed by atoms with Crippen molar-refractivity contribution < 1.29 is 4.79 Å². The fourth-order valence-corrected chi connectivity index (χ4v) is 2.01. The van der Waals surface area contributed by atoms with E-state index in [2.05, 4.69) is 6.58 Å². The third-order valence-electron chi connectivity index (χ3n) is 2.49. The first kappa shape index (κ1) is 14.9. The van der Waals surface area contributed by atoms with Crippen molar-refractivity contribution in [1.82, 2.24) is 4.90 Å². The van der Waals surface area contributed by atoms with Gasteiger partial charge in [0.1, 0.15) is 0 Å². The molecule has 1 amide bonds. The number of anilines is 1. The zero-order valence-corrected chi connectivity index (χ0v) is 11.9. The molecule has 0 atom stereocenters. The molecule has 0 aliphatic carbocycles. The van der Waals surface area contributed by atoms with Crippen LogP contribution in [0.2, 0.25) is 10.0 Å². The maximum atomic E-state index is 12.4. The van der Waals surface area contributed by atoms with Crippen LogP contribution in [-0.2, 0) is 0 Å². The number of nitrogen functional groups attached to an aromatic ring is 1. The van der Waals surface area contributed by atoms with Crippen LogP contribution in [0.5, 0.6) is 0 Å². The van der Waals surface area contributed by atoms with E-state index in [1.807, 2.05) is 13.8 Å². The Hall–Kier alpha value is -1.19. The number of nitrogens with two attached hydrogens (primary N) is 1. The van der Waals surface area contributed by atoms with Gasteiger partial charge in [0.25, 0.3) is 5.91 Å². The van der Waals surface area contributed by atoms with E-state index < -0.39 is 0 Å². The number of carbonyl (C=O) groups excluding carboxylic acids is 1. The summed E-state index contributed by atoms with van der Waals surface area (Å²) in [4.78, 5) is 14.0. The van der Waals surface area contributed by atoms with Gasteiger partial charge in [-0.3, -0.25) is 4.79 Å². The molecule has 1 rings (SSSR count). The van der Waals surface area contributed by atoms with Crippen LogP contribution in [0, 0.1) is 0 Å². The largest absolute Gasteiger partial charge is 0.399 e. The minimum Gasteiger partial charge on any atom is -0.399 e. The van der Waals surface area contributed by atoms with Crippen LogP contribution < -0.4 is 5.73 Å². The molecule has 0 unspecified atom stereocenters. The number of halogens is 2. The van der Waals surface area contributed by atoms with Crippen molar-refractivity contribution >= 4 is 34.8 Å². The SMILES string of the molecule is C=CCN(C(=O)c1cc(N)cc(Cl)c1Cl)C(C)C. The lowest BCUT2D eigenvalue weighted by Gasteiger charge is -2.26. The maximum absolute atomic E-state index is 12.4. The van der Waals surface area contributed by atoms with Gasteiger partial charge in [-0.25, -0.2) is 0 Å². The summed E-state index contributed by atoms with van der Waals surface area (Å²) in [6.07, 6.45) is 1.67. The average Bonchev–Trinajstić information content (AvgIpc) is 2.29. The molecule has 18 heavy (non-hydrogen) atoms. The summed E-state index contributed by atoms with van der Waals surface area (Å²) in [5, 5.41) is 0.507. The summed E-state index contributed by atoms with van der Waals surface area (Å²) in [5.41, 5.74) is 6.41. The molecule has 0 bridgehead atoms. The fraction of sp³-hybridized carbons (Fsp3) is 0.308. The van der Waals surface area contributed by atoms with Crippen LogP contribution >= 0.6 is 23.2 Å². The molecule has 5 heteroatoms. The Balaban J connectivity index is 3.20. The number of hydrogen-bond donors (Lipinski definition) is 1. The zero-order valence-electron chi connectivity index (χ0n) is 10.4. The van der Waals surface area contributed by atoms with Gasteiger partial charge in [0.05, 0.1) is 15.6 Å². The van der Waals surface area contributed by atoms with Crippen molar-refractivity contribution in [1.29, 1.82) is 0 Å². The molecule has 1 aromatic rings. The highest BCUT2D eigenvalue weighted by atomic mass is 35.5. The van der Waals surface area contributed by atoms with Gasteiger partial charge in [0.15, 0.2) is 0 Å². The Labute approximate surface area is 117 Å². The normalized spacial score (nSPS) is 10.5. The molecular weight excluding hydrogens is 271 g/mol. The Morgan fingerprint density at radius 1 is 1.50 bits per heavy atom. The third-order valence-corrected chi connectivity index (χ3v) is 3.29. The highest BCUT2D eigenvalue weighted by Crippen LogP contribution is 2.29. The van der Waals surface area contributed by atoms with E-state index in [1.54, 1.807) is 11.0 Å². The van der Waals surface area contributed by atoms with Crippen LogP contribution in [0.25, 0.3) is 0 Å². The molecular formula is C13H16Cl2N2O.